The quantitative estimate of drug-likeness (QED) is 0.861. The summed E-state index contributed by atoms with van der Waals surface area (Å²) in [7, 11) is 0. The van der Waals surface area contributed by atoms with Gasteiger partial charge in [0.15, 0.2) is 0 Å². The largest absolute Gasteiger partial charge is 0.418 e. The molecular weight excluding hydrogens is 279 g/mol. The second-order valence-corrected chi connectivity index (χ2v) is 6.12. The van der Waals surface area contributed by atoms with Gasteiger partial charge in [-0.2, -0.15) is 13.2 Å². The second-order valence-electron chi connectivity index (χ2n) is 6.12. The topological polar surface area (TPSA) is 21.3 Å². The molecule has 1 saturated heterocycles. The summed E-state index contributed by atoms with van der Waals surface area (Å²) in [6.07, 6.45) is 1.63. The molecule has 1 aliphatic heterocycles. The Hall–Kier alpha value is -1.23. The Morgan fingerprint density at radius 3 is 2.57 bits per heavy atom. The predicted molar refractivity (Wildman–Crippen MR) is 75.2 cm³/mol. The van der Waals surface area contributed by atoms with E-state index >= 15 is 0 Å². The van der Waals surface area contributed by atoms with Crippen molar-refractivity contribution in [3.63, 3.8) is 0 Å². The highest BCUT2D eigenvalue weighted by Crippen LogP contribution is 2.41. The Balaban J connectivity index is 1.75. The van der Waals surface area contributed by atoms with Gasteiger partial charge in [0, 0.05) is 18.3 Å². The SMILES string of the molecule is FC(F)(F)c1ccccc1NC1CCOC2(CCCC2)C1. The number of rotatable bonds is 2. The van der Waals surface area contributed by atoms with E-state index in [-0.39, 0.29) is 17.3 Å². The van der Waals surface area contributed by atoms with Crippen LogP contribution < -0.4 is 5.32 Å². The van der Waals surface area contributed by atoms with E-state index in [2.05, 4.69) is 5.32 Å². The lowest BCUT2D eigenvalue weighted by molar-refractivity contribution is -0.137. The van der Waals surface area contributed by atoms with Gasteiger partial charge >= 0.3 is 6.18 Å². The van der Waals surface area contributed by atoms with E-state index < -0.39 is 11.7 Å². The Labute approximate surface area is 122 Å². The minimum Gasteiger partial charge on any atom is -0.382 e. The molecule has 1 aliphatic carbocycles. The fourth-order valence-corrected chi connectivity index (χ4v) is 3.59. The molecule has 2 fully saturated rings. The number of benzene rings is 1. The number of hydrogen-bond acceptors (Lipinski definition) is 2. The van der Waals surface area contributed by atoms with Crippen LogP contribution in [0.15, 0.2) is 24.3 Å². The van der Waals surface area contributed by atoms with Gasteiger partial charge in [0.25, 0.3) is 0 Å². The lowest BCUT2D eigenvalue weighted by atomic mass is 9.88. The summed E-state index contributed by atoms with van der Waals surface area (Å²) in [5.41, 5.74) is -0.495. The zero-order chi connectivity index (χ0) is 14.9. The van der Waals surface area contributed by atoms with E-state index in [0.717, 1.165) is 44.6 Å². The van der Waals surface area contributed by atoms with E-state index in [9.17, 15) is 13.2 Å². The summed E-state index contributed by atoms with van der Waals surface area (Å²) >= 11 is 0. The monoisotopic (exact) mass is 299 g/mol. The third-order valence-corrected chi connectivity index (χ3v) is 4.60. The van der Waals surface area contributed by atoms with Crippen LogP contribution in [0.3, 0.4) is 0 Å². The van der Waals surface area contributed by atoms with Crippen LogP contribution in [-0.4, -0.2) is 18.2 Å². The lowest BCUT2D eigenvalue weighted by Crippen LogP contribution is -2.42. The molecule has 3 rings (SSSR count). The average molecular weight is 299 g/mol. The smallest absolute Gasteiger partial charge is 0.382 e. The molecule has 116 valence electrons. The maximum absolute atomic E-state index is 13.0. The molecule has 1 spiro atoms. The van der Waals surface area contributed by atoms with E-state index in [0.29, 0.717) is 6.61 Å². The van der Waals surface area contributed by atoms with Crippen LogP contribution >= 0.6 is 0 Å². The van der Waals surface area contributed by atoms with Crippen LogP contribution in [0, 0.1) is 0 Å². The molecule has 1 heterocycles. The van der Waals surface area contributed by atoms with Crippen molar-refractivity contribution in [2.24, 2.45) is 0 Å². The minimum absolute atomic E-state index is 0.0559. The highest BCUT2D eigenvalue weighted by Gasteiger charge is 2.40. The van der Waals surface area contributed by atoms with Crippen LogP contribution in [0.2, 0.25) is 0 Å². The first-order chi connectivity index (χ1) is 9.99. The van der Waals surface area contributed by atoms with E-state index in [1.54, 1.807) is 6.07 Å². The fraction of sp³-hybridized carbons (Fsp3) is 0.625. The van der Waals surface area contributed by atoms with Gasteiger partial charge in [-0.15, -0.1) is 0 Å². The van der Waals surface area contributed by atoms with Crippen molar-refractivity contribution in [3.05, 3.63) is 29.8 Å². The molecule has 1 unspecified atom stereocenters. The molecule has 0 amide bonds. The van der Waals surface area contributed by atoms with Crippen molar-refractivity contribution in [2.45, 2.75) is 56.3 Å². The highest BCUT2D eigenvalue weighted by molar-refractivity contribution is 5.53. The van der Waals surface area contributed by atoms with Gasteiger partial charge in [-0.3, -0.25) is 0 Å². The van der Waals surface area contributed by atoms with Crippen LogP contribution in [0.5, 0.6) is 0 Å². The third-order valence-electron chi connectivity index (χ3n) is 4.60. The van der Waals surface area contributed by atoms with Crippen molar-refractivity contribution < 1.29 is 17.9 Å². The van der Waals surface area contributed by atoms with Crippen molar-refractivity contribution in [2.75, 3.05) is 11.9 Å². The average Bonchev–Trinajstić information content (AvgIpc) is 2.86. The van der Waals surface area contributed by atoms with Crippen LogP contribution in [0.4, 0.5) is 18.9 Å². The van der Waals surface area contributed by atoms with Crippen LogP contribution in [0.25, 0.3) is 0 Å². The zero-order valence-corrected chi connectivity index (χ0v) is 11.9. The highest BCUT2D eigenvalue weighted by atomic mass is 19.4. The number of halogens is 3. The summed E-state index contributed by atoms with van der Waals surface area (Å²) in [5, 5.41) is 3.11. The zero-order valence-electron chi connectivity index (χ0n) is 11.9. The van der Waals surface area contributed by atoms with E-state index in [4.69, 9.17) is 4.74 Å². The van der Waals surface area contributed by atoms with Crippen LogP contribution in [-0.2, 0) is 10.9 Å². The number of ether oxygens (including phenoxy) is 1. The minimum atomic E-state index is -4.32. The first-order valence-corrected chi connectivity index (χ1v) is 7.55. The van der Waals surface area contributed by atoms with Crippen molar-refractivity contribution in [3.8, 4) is 0 Å². The molecule has 1 saturated carbocycles. The summed E-state index contributed by atoms with van der Waals surface area (Å²) in [6, 6.07) is 5.77. The molecule has 5 heteroatoms. The predicted octanol–water partition coefficient (Wildman–Crippen LogP) is 4.61. The Morgan fingerprint density at radius 1 is 1.14 bits per heavy atom. The molecule has 1 aromatic rings. The molecule has 0 aromatic heterocycles. The van der Waals surface area contributed by atoms with Crippen molar-refractivity contribution >= 4 is 5.69 Å². The summed E-state index contributed by atoms with van der Waals surface area (Å²) in [5.74, 6) is 0. The molecule has 2 aliphatic rings. The van der Waals surface area contributed by atoms with Gasteiger partial charge in [0.05, 0.1) is 11.2 Å². The fourth-order valence-electron chi connectivity index (χ4n) is 3.59. The maximum atomic E-state index is 13.0. The Kier molecular flexibility index (Phi) is 3.86. The molecular formula is C16H20F3NO. The molecule has 2 nitrogen and oxygen atoms in total. The lowest BCUT2D eigenvalue weighted by Gasteiger charge is -2.39. The normalized spacial score (nSPS) is 25.2. The van der Waals surface area contributed by atoms with Gasteiger partial charge in [0.2, 0.25) is 0 Å². The number of nitrogens with one attached hydrogen (secondary N) is 1. The van der Waals surface area contributed by atoms with Gasteiger partial charge in [-0.25, -0.2) is 0 Å². The standard InChI is InChI=1S/C16H20F3NO/c17-16(18,19)13-5-1-2-6-14(13)20-12-7-10-21-15(11-12)8-3-4-9-15/h1-2,5-6,12,20H,3-4,7-11H2. The molecule has 0 bridgehead atoms. The second kappa shape index (κ2) is 5.52. The molecule has 21 heavy (non-hydrogen) atoms. The van der Waals surface area contributed by atoms with E-state index in [1.165, 1.54) is 12.1 Å². The maximum Gasteiger partial charge on any atom is 0.418 e. The Morgan fingerprint density at radius 2 is 1.86 bits per heavy atom. The van der Waals surface area contributed by atoms with Crippen molar-refractivity contribution in [1.29, 1.82) is 0 Å². The molecule has 1 N–H and O–H groups in total. The number of hydrogen-bond donors (Lipinski definition) is 1. The van der Waals surface area contributed by atoms with Gasteiger partial charge < -0.3 is 10.1 Å². The third kappa shape index (κ3) is 3.18. The van der Waals surface area contributed by atoms with Crippen molar-refractivity contribution in [1.82, 2.24) is 0 Å². The van der Waals surface area contributed by atoms with Gasteiger partial charge in [-0.05, 0) is 37.8 Å². The first-order valence-electron chi connectivity index (χ1n) is 7.55. The first kappa shape index (κ1) is 14.7. The molecule has 1 aromatic carbocycles. The van der Waals surface area contributed by atoms with Gasteiger partial charge in [0.1, 0.15) is 0 Å². The summed E-state index contributed by atoms with van der Waals surface area (Å²) in [4.78, 5) is 0. The molecule has 0 radical (unpaired) electrons. The number of para-hydroxylation sites is 1. The number of alkyl halides is 3. The Bertz CT molecular complexity index is 495. The number of anilines is 1. The van der Waals surface area contributed by atoms with E-state index in [1.807, 2.05) is 0 Å². The summed E-state index contributed by atoms with van der Waals surface area (Å²) < 4.78 is 45.0. The summed E-state index contributed by atoms with van der Waals surface area (Å²) in [6.45, 7) is 0.631. The van der Waals surface area contributed by atoms with Gasteiger partial charge in [-0.1, -0.05) is 25.0 Å². The molecule has 1 atom stereocenters. The van der Waals surface area contributed by atoms with Crippen LogP contribution in [0.1, 0.15) is 44.1 Å².